The maximum absolute atomic E-state index is 11.9. The summed E-state index contributed by atoms with van der Waals surface area (Å²) in [5.41, 5.74) is 1.93. The first-order valence-electron chi connectivity index (χ1n) is 5.59. The van der Waals surface area contributed by atoms with Crippen molar-refractivity contribution in [3.8, 4) is 0 Å². The number of nitrogens with one attached hydrogen (secondary N) is 1. The Kier molecular flexibility index (Phi) is 5.25. The SMILES string of the molecule is CCC(C)CNC(=O)c1cccc(C)c1I. The monoisotopic (exact) mass is 331 g/mol. The molecule has 1 unspecified atom stereocenters. The fraction of sp³-hybridized carbons (Fsp3) is 0.462. The Balaban J connectivity index is 2.70. The van der Waals surface area contributed by atoms with Gasteiger partial charge in [0.05, 0.1) is 5.56 Å². The highest BCUT2D eigenvalue weighted by molar-refractivity contribution is 14.1. The molecule has 1 N–H and O–H groups in total. The van der Waals surface area contributed by atoms with Crippen LogP contribution in [0.2, 0.25) is 0 Å². The summed E-state index contributed by atoms with van der Waals surface area (Å²) in [4.78, 5) is 11.9. The quantitative estimate of drug-likeness (QED) is 0.842. The van der Waals surface area contributed by atoms with Crippen molar-refractivity contribution >= 4 is 28.5 Å². The average molecular weight is 331 g/mol. The molecule has 0 bridgehead atoms. The highest BCUT2D eigenvalue weighted by atomic mass is 127. The van der Waals surface area contributed by atoms with E-state index in [9.17, 15) is 4.79 Å². The summed E-state index contributed by atoms with van der Waals surface area (Å²) in [5, 5.41) is 2.97. The molecule has 0 saturated carbocycles. The second-order valence-electron chi connectivity index (χ2n) is 4.16. The van der Waals surface area contributed by atoms with Gasteiger partial charge in [-0.3, -0.25) is 4.79 Å². The Bertz CT molecular complexity index is 376. The number of amides is 1. The Morgan fingerprint density at radius 1 is 1.50 bits per heavy atom. The van der Waals surface area contributed by atoms with Crippen molar-refractivity contribution in [2.75, 3.05) is 6.54 Å². The zero-order valence-electron chi connectivity index (χ0n) is 10.0. The van der Waals surface area contributed by atoms with Crippen molar-refractivity contribution < 1.29 is 4.79 Å². The number of carbonyl (C=O) groups is 1. The van der Waals surface area contributed by atoms with Gasteiger partial charge in [0.15, 0.2) is 0 Å². The summed E-state index contributed by atoms with van der Waals surface area (Å²) in [6.07, 6.45) is 1.09. The largest absolute Gasteiger partial charge is 0.352 e. The lowest BCUT2D eigenvalue weighted by Gasteiger charge is -2.11. The van der Waals surface area contributed by atoms with E-state index >= 15 is 0 Å². The smallest absolute Gasteiger partial charge is 0.252 e. The first-order chi connectivity index (χ1) is 7.56. The second kappa shape index (κ2) is 6.23. The molecule has 0 spiro atoms. The van der Waals surface area contributed by atoms with E-state index < -0.39 is 0 Å². The standard InChI is InChI=1S/C13H18INO/c1-4-9(2)8-15-13(16)11-7-5-6-10(3)12(11)14/h5-7,9H,4,8H2,1-3H3,(H,15,16). The molecular formula is C13H18INO. The minimum absolute atomic E-state index is 0.0356. The molecule has 0 heterocycles. The summed E-state index contributed by atoms with van der Waals surface area (Å²) in [7, 11) is 0. The molecule has 0 saturated heterocycles. The van der Waals surface area contributed by atoms with Crippen LogP contribution < -0.4 is 5.32 Å². The average Bonchev–Trinajstić information content (AvgIpc) is 2.29. The van der Waals surface area contributed by atoms with Gasteiger partial charge < -0.3 is 5.32 Å². The van der Waals surface area contributed by atoms with Crippen molar-refractivity contribution in [2.24, 2.45) is 5.92 Å². The maximum atomic E-state index is 11.9. The Morgan fingerprint density at radius 2 is 2.19 bits per heavy atom. The predicted molar refractivity (Wildman–Crippen MR) is 75.7 cm³/mol. The van der Waals surface area contributed by atoms with Crippen molar-refractivity contribution in [1.29, 1.82) is 0 Å². The van der Waals surface area contributed by atoms with Crippen molar-refractivity contribution in [3.05, 3.63) is 32.9 Å². The third kappa shape index (κ3) is 3.47. The number of benzene rings is 1. The van der Waals surface area contributed by atoms with Crippen LogP contribution in [0.25, 0.3) is 0 Å². The molecule has 0 aliphatic rings. The van der Waals surface area contributed by atoms with E-state index in [4.69, 9.17) is 0 Å². The third-order valence-corrected chi connectivity index (χ3v) is 4.18. The fourth-order valence-electron chi connectivity index (χ4n) is 1.33. The van der Waals surface area contributed by atoms with Crippen LogP contribution in [0.15, 0.2) is 18.2 Å². The van der Waals surface area contributed by atoms with Crippen LogP contribution in [0, 0.1) is 16.4 Å². The number of hydrogen-bond acceptors (Lipinski definition) is 1. The van der Waals surface area contributed by atoms with E-state index in [2.05, 4.69) is 41.8 Å². The highest BCUT2D eigenvalue weighted by Crippen LogP contribution is 2.16. The first kappa shape index (κ1) is 13.5. The van der Waals surface area contributed by atoms with Crippen LogP contribution in [-0.2, 0) is 0 Å². The summed E-state index contributed by atoms with van der Waals surface area (Å²) in [6.45, 7) is 7.04. The fourth-order valence-corrected chi connectivity index (χ4v) is 1.93. The number of halogens is 1. The van der Waals surface area contributed by atoms with Gasteiger partial charge >= 0.3 is 0 Å². The van der Waals surface area contributed by atoms with E-state index in [1.807, 2.05) is 25.1 Å². The first-order valence-corrected chi connectivity index (χ1v) is 6.67. The molecule has 1 aromatic carbocycles. The molecule has 3 heteroatoms. The van der Waals surface area contributed by atoms with Gasteiger partial charge in [0.1, 0.15) is 0 Å². The number of hydrogen-bond donors (Lipinski definition) is 1. The Labute approximate surface area is 111 Å². The number of aryl methyl sites for hydroxylation is 1. The van der Waals surface area contributed by atoms with E-state index in [1.165, 1.54) is 0 Å². The summed E-state index contributed by atoms with van der Waals surface area (Å²) >= 11 is 2.23. The predicted octanol–water partition coefficient (Wildman–Crippen LogP) is 3.38. The minimum Gasteiger partial charge on any atom is -0.352 e. The summed E-state index contributed by atoms with van der Waals surface area (Å²) in [6, 6.07) is 5.82. The van der Waals surface area contributed by atoms with Crippen LogP contribution in [-0.4, -0.2) is 12.5 Å². The molecule has 2 nitrogen and oxygen atoms in total. The van der Waals surface area contributed by atoms with Gasteiger partial charge in [-0.15, -0.1) is 0 Å². The number of carbonyl (C=O) groups excluding carboxylic acids is 1. The molecule has 1 aromatic rings. The zero-order chi connectivity index (χ0) is 12.1. The van der Waals surface area contributed by atoms with Crippen molar-refractivity contribution in [3.63, 3.8) is 0 Å². The summed E-state index contributed by atoms with van der Waals surface area (Å²) < 4.78 is 1.04. The van der Waals surface area contributed by atoms with E-state index in [1.54, 1.807) is 0 Å². The van der Waals surface area contributed by atoms with Crippen LogP contribution in [0.3, 0.4) is 0 Å². The van der Waals surface area contributed by atoms with E-state index in [0.29, 0.717) is 5.92 Å². The van der Waals surface area contributed by atoms with E-state index in [0.717, 1.165) is 27.7 Å². The molecule has 0 aliphatic carbocycles. The van der Waals surface area contributed by atoms with E-state index in [-0.39, 0.29) is 5.91 Å². The second-order valence-corrected chi connectivity index (χ2v) is 5.24. The van der Waals surface area contributed by atoms with Crippen LogP contribution in [0.4, 0.5) is 0 Å². The molecule has 1 atom stereocenters. The Hall–Kier alpha value is -0.580. The lowest BCUT2D eigenvalue weighted by molar-refractivity contribution is 0.0947. The van der Waals surface area contributed by atoms with Gasteiger partial charge in [-0.2, -0.15) is 0 Å². The molecule has 1 rings (SSSR count). The lowest BCUT2D eigenvalue weighted by atomic mass is 10.1. The van der Waals surface area contributed by atoms with Gasteiger partial charge in [0.2, 0.25) is 0 Å². The minimum atomic E-state index is 0.0356. The maximum Gasteiger partial charge on any atom is 0.252 e. The van der Waals surface area contributed by atoms with Gasteiger partial charge in [-0.1, -0.05) is 32.4 Å². The molecule has 0 aromatic heterocycles. The lowest BCUT2D eigenvalue weighted by Crippen LogP contribution is -2.28. The number of rotatable bonds is 4. The molecular weight excluding hydrogens is 313 g/mol. The molecule has 1 amide bonds. The van der Waals surface area contributed by atoms with Gasteiger partial charge in [-0.25, -0.2) is 0 Å². The zero-order valence-corrected chi connectivity index (χ0v) is 12.2. The summed E-state index contributed by atoms with van der Waals surface area (Å²) in [5.74, 6) is 0.569. The molecule has 0 aliphatic heterocycles. The topological polar surface area (TPSA) is 29.1 Å². The van der Waals surface area contributed by atoms with Crippen LogP contribution in [0.5, 0.6) is 0 Å². The molecule has 0 radical (unpaired) electrons. The van der Waals surface area contributed by atoms with Crippen LogP contribution in [0.1, 0.15) is 36.2 Å². The highest BCUT2D eigenvalue weighted by Gasteiger charge is 2.11. The van der Waals surface area contributed by atoms with Crippen molar-refractivity contribution in [2.45, 2.75) is 27.2 Å². The van der Waals surface area contributed by atoms with Gasteiger partial charge in [0.25, 0.3) is 5.91 Å². The normalized spacial score (nSPS) is 12.2. The third-order valence-electron chi connectivity index (χ3n) is 2.74. The Morgan fingerprint density at radius 3 is 2.81 bits per heavy atom. The van der Waals surface area contributed by atoms with Gasteiger partial charge in [0, 0.05) is 10.1 Å². The molecule has 0 fully saturated rings. The van der Waals surface area contributed by atoms with Gasteiger partial charge in [-0.05, 0) is 47.1 Å². The van der Waals surface area contributed by atoms with Crippen LogP contribution >= 0.6 is 22.6 Å². The molecule has 16 heavy (non-hydrogen) atoms. The molecule has 88 valence electrons. The van der Waals surface area contributed by atoms with Crippen molar-refractivity contribution in [1.82, 2.24) is 5.32 Å².